The molecule has 26 heavy (non-hydrogen) atoms. The number of halogens is 2. The summed E-state index contributed by atoms with van der Waals surface area (Å²) in [6.45, 7) is 7.83. The number of rotatable bonds is 5. The number of aryl methyl sites for hydroxylation is 1. The summed E-state index contributed by atoms with van der Waals surface area (Å²) < 4.78 is 0. The lowest BCUT2D eigenvalue weighted by atomic mass is 9.94. The maximum Gasteiger partial charge on any atom is 0.263 e. The zero-order valence-corrected chi connectivity index (χ0v) is 17.8. The molecule has 0 spiro atoms. The molecule has 1 unspecified atom stereocenters. The number of aromatic nitrogens is 1. The molecule has 0 radical (unpaired) electrons. The first-order valence-corrected chi connectivity index (χ1v) is 9.42. The Balaban J connectivity index is 0.00000169. The average Bonchev–Trinajstić information content (AvgIpc) is 2.92. The summed E-state index contributed by atoms with van der Waals surface area (Å²) in [7, 11) is 0. The number of benzene rings is 1. The Kier molecular flexibility index (Phi) is 9.04. The average molecular weight is 416 g/mol. The van der Waals surface area contributed by atoms with Crippen LogP contribution in [0.25, 0.3) is 0 Å². The monoisotopic (exact) mass is 415 g/mol. The third-order valence-corrected chi connectivity index (χ3v) is 5.31. The normalized spacial score (nSPS) is 15.6. The fourth-order valence-electron chi connectivity index (χ4n) is 3.22. The highest BCUT2D eigenvalue weighted by Gasteiger charge is 2.22. The molecule has 0 saturated heterocycles. The van der Waals surface area contributed by atoms with Crippen LogP contribution in [0.1, 0.15) is 51.4 Å². The molecule has 4 nitrogen and oxygen atoms in total. The smallest absolute Gasteiger partial charge is 0.263 e. The Labute approximate surface area is 172 Å². The van der Waals surface area contributed by atoms with Crippen LogP contribution in [0.4, 0.5) is 0 Å². The van der Waals surface area contributed by atoms with Gasteiger partial charge in [-0.15, -0.1) is 36.2 Å². The SMILES string of the molecule is Cc1nc(CC(C)C)c(C(=O)NCC2NCCc3ccccc32)s1.Cl.Cl. The van der Waals surface area contributed by atoms with E-state index < -0.39 is 0 Å². The fraction of sp³-hybridized carbons (Fsp3) is 0.474. The van der Waals surface area contributed by atoms with E-state index >= 15 is 0 Å². The van der Waals surface area contributed by atoms with E-state index in [1.165, 1.54) is 22.5 Å². The molecule has 1 atom stereocenters. The third-order valence-electron chi connectivity index (χ3n) is 4.29. The van der Waals surface area contributed by atoms with Crippen molar-refractivity contribution in [3.8, 4) is 0 Å². The van der Waals surface area contributed by atoms with Gasteiger partial charge in [-0.3, -0.25) is 4.79 Å². The van der Waals surface area contributed by atoms with Crippen molar-refractivity contribution in [2.45, 2.75) is 39.7 Å². The highest BCUT2D eigenvalue weighted by molar-refractivity contribution is 7.13. The number of nitrogens with one attached hydrogen (secondary N) is 2. The van der Waals surface area contributed by atoms with E-state index in [4.69, 9.17) is 0 Å². The lowest BCUT2D eigenvalue weighted by Gasteiger charge is -2.27. The summed E-state index contributed by atoms with van der Waals surface area (Å²) in [5.74, 6) is 0.492. The van der Waals surface area contributed by atoms with Gasteiger partial charge in [0, 0.05) is 12.6 Å². The Morgan fingerprint density at radius 2 is 2.08 bits per heavy atom. The molecule has 144 valence electrons. The molecule has 3 rings (SSSR count). The highest BCUT2D eigenvalue weighted by atomic mass is 35.5. The molecule has 1 aliphatic heterocycles. The van der Waals surface area contributed by atoms with Crippen molar-refractivity contribution in [1.82, 2.24) is 15.6 Å². The molecule has 2 N–H and O–H groups in total. The molecule has 1 aromatic heterocycles. The maximum atomic E-state index is 12.6. The minimum absolute atomic E-state index is 0. The molecule has 0 aliphatic carbocycles. The van der Waals surface area contributed by atoms with Crippen LogP contribution in [0.2, 0.25) is 0 Å². The zero-order chi connectivity index (χ0) is 17.1. The Hall–Kier alpha value is -1.14. The minimum Gasteiger partial charge on any atom is -0.349 e. The van der Waals surface area contributed by atoms with E-state index in [1.807, 2.05) is 6.92 Å². The number of hydrogen-bond acceptors (Lipinski definition) is 4. The number of amides is 1. The quantitative estimate of drug-likeness (QED) is 0.771. The van der Waals surface area contributed by atoms with Crippen LogP contribution in [0.15, 0.2) is 24.3 Å². The molecule has 1 amide bonds. The van der Waals surface area contributed by atoms with Gasteiger partial charge in [-0.1, -0.05) is 38.1 Å². The minimum atomic E-state index is 0. The summed E-state index contributed by atoms with van der Waals surface area (Å²) >= 11 is 1.49. The second-order valence-electron chi connectivity index (χ2n) is 6.77. The standard InChI is InChI=1S/C19H25N3OS.2ClH/c1-12(2)10-16-18(24-13(3)22-16)19(23)21-11-17-15-7-5-4-6-14(15)8-9-20-17;;/h4-7,12,17,20H,8-11H2,1-3H3,(H,21,23);2*1H. The second-order valence-corrected chi connectivity index (χ2v) is 7.98. The van der Waals surface area contributed by atoms with E-state index in [1.54, 1.807) is 0 Å². The van der Waals surface area contributed by atoms with E-state index in [2.05, 4.69) is 53.7 Å². The zero-order valence-electron chi connectivity index (χ0n) is 15.4. The molecule has 1 aliphatic rings. The Bertz CT molecular complexity index is 733. The number of hydrogen-bond donors (Lipinski definition) is 2. The summed E-state index contributed by atoms with van der Waals surface area (Å²) in [4.78, 5) is 18.0. The van der Waals surface area contributed by atoms with Gasteiger partial charge in [0.2, 0.25) is 0 Å². The van der Waals surface area contributed by atoms with Crippen LogP contribution in [0, 0.1) is 12.8 Å². The van der Waals surface area contributed by atoms with Crippen LogP contribution < -0.4 is 10.6 Å². The molecule has 0 saturated carbocycles. The van der Waals surface area contributed by atoms with Crippen LogP contribution in [0.3, 0.4) is 0 Å². The molecular weight excluding hydrogens is 389 g/mol. The van der Waals surface area contributed by atoms with Gasteiger partial charge < -0.3 is 10.6 Å². The first kappa shape index (κ1) is 22.9. The van der Waals surface area contributed by atoms with Crippen LogP contribution >= 0.6 is 36.2 Å². The molecule has 0 fully saturated rings. The predicted octanol–water partition coefficient (Wildman–Crippen LogP) is 4.11. The Morgan fingerprint density at radius 1 is 1.35 bits per heavy atom. The van der Waals surface area contributed by atoms with E-state index in [0.29, 0.717) is 12.5 Å². The van der Waals surface area contributed by atoms with Gasteiger partial charge in [0.15, 0.2) is 0 Å². The summed E-state index contributed by atoms with van der Waals surface area (Å²) in [6.07, 6.45) is 1.89. The van der Waals surface area contributed by atoms with Crippen molar-refractivity contribution in [3.05, 3.63) is 51.0 Å². The summed E-state index contributed by atoms with van der Waals surface area (Å²) in [6, 6.07) is 8.66. The molecule has 1 aromatic carbocycles. The summed E-state index contributed by atoms with van der Waals surface area (Å²) in [5, 5.41) is 7.57. The van der Waals surface area contributed by atoms with Gasteiger partial charge in [0.1, 0.15) is 4.88 Å². The van der Waals surface area contributed by atoms with Crippen molar-refractivity contribution >= 4 is 42.1 Å². The number of nitrogens with zero attached hydrogens (tertiary/aromatic N) is 1. The number of thiazole rings is 1. The van der Waals surface area contributed by atoms with Crippen molar-refractivity contribution in [3.63, 3.8) is 0 Å². The van der Waals surface area contributed by atoms with Crippen LogP contribution in [-0.2, 0) is 12.8 Å². The Morgan fingerprint density at radius 3 is 2.81 bits per heavy atom. The van der Waals surface area contributed by atoms with Crippen molar-refractivity contribution in [2.24, 2.45) is 5.92 Å². The van der Waals surface area contributed by atoms with Gasteiger partial charge in [-0.2, -0.15) is 0 Å². The predicted molar refractivity (Wildman–Crippen MR) is 113 cm³/mol. The van der Waals surface area contributed by atoms with Crippen LogP contribution in [0.5, 0.6) is 0 Å². The van der Waals surface area contributed by atoms with Crippen molar-refractivity contribution < 1.29 is 4.79 Å². The lowest BCUT2D eigenvalue weighted by Crippen LogP contribution is -2.38. The second kappa shape index (κ2) is 10.3. The van der Waals surface area contributed by atoms with E-state index in [-0.39, 0.29) is 36.8 Å². The van der Waals surface area contributed by atoms with Crippen LogP contribution in [-0.4, -0.2) is 24.0 Å². The number of carbonyl (C=O) groups excluding carboxylic acids is 1. The molecule has 2 heterocycles. The molecular formula is C19H27Cl2N3OS. The lowest BCUT2D eigenvalue weighted by molar-refractivity contribution is 0.0952. The van der Waals surface area contributed by atoms with Gasteiger partial charge in [0.25, 0.3) is 5.91 Å². The summed E-state index contributed by atoms with van der Waals surface area (Å²) in [5.41, 5.74) is 3.61. The van der Waals surface area contributed by atoms with Gasteiger partial charge in [-0.05, 0) is 43.4 Å². The number of fused-ring (bicyclic) bond motifs is 1. The van der Waals surface area contributed by atoms with E-state index in [0.717, 1.165) is 35.0 Å². The van der Waals surface area contributed by atoms with Gasteiger partial charge >= 0.3 is 0 Å². The largest absolute Gasteiger partial charge is 0.349 e. The first-order valence-electron chi connectivity index (χ1n) is 8.60. The maximum absolute atomic E-state index is 12.6. The molecule has 0 bridgehead atoms. The van der Waals surface area contributed by atoms with Gasteiger partial charge in [-0.25, -0.2) is 4.98 Å². The third kappa shape index (κ3) is 5.43. The van der Waals surface area contributed by atoms with Gasteiger partial charge in [0.05, 0.1) is 10.7 Å². The molecule has 7 heteroatoms. The fourth-order valence-corrected chi connectivity index (χ4v) is 4.09. The molecule has 2 aromatic rings. The van der Waals surface area contributed by atoms with E-state index in [9.17, 15) is 4.79 Å². The highest BCUT2D eigenvalue weighted by Crippen LogP contribution is 2.23. The van der Waals surface area contributed by atoms with Crippen molar-refractivity contribution in [2.75, 3.05) is 13.1 Å². The first-order chi connectivity index (χ1) is 11.5. The number of carbonyl (C=O) groups is 1. The van der Waals surface area contributed by atoms with Crippen molar-refractivity contribution in [1.29, 1.82) is 0 Å². The topological polar surface area (TPSA) is 54.0 Å².